The molecule has 0 aliphatic carbocycles. The van der Waals surface area contributed by atoms with Crippen LogP contribution in [0, 0.1) is 5.92 Å². The molecule has 0 saturated carbocycles. The number of halogens is 1. The van der Waals surface area contributed by atoms with Gasteiger partial charge in [-0.25, -0.2) is 0 Å². The Morgan fingerprint density at radius 1 is 1.21 bits per heavy atom. The van der Waals surface area contributed by atoms with Crippen molar-refractivity contribution in [3.63, 3.8) is 0 Å². The van der Waals surface area contributed by atoms with Crippen molar-refractivity contribution in [2.75, 3.05) is 6.54 Å². The van der Waals surface area contributed by atoms with Crippen LogP contribution in [0.25, 0.3) is 0 Å². The van der Waals surface area contributed by atoms with E-state index < -0.39 is 0 Å². The van der Waals surface area contributed by atoms with E-state index in [0.29, 0.717) is 12.3 Å². The Morgan fingerprint density at radius 3 is 2.21 bits per heavy atom. The van der Waals surface area contributed by atoms with Crippen LogP contribution in [0.2, 0.25) is 0 Å². The van der Waals surface area contributed by atoms with E-state index in [2.05, 4.69) is 33.2 Å². The molecule has 0 aliphatic rings. The van der Waals surface area contributed by atoms with Crippen LogP contribution in [0.15, 0.2) is 0 Å². The highest BCUT2D eigenvalue weighted by Crippen LogP contribution is 1.97. The van der Waals surface area contributed by atoms with Gasteiger partial charge in [0.05, 0.1) is 10.6 Å². The van der Waals surface area contributed by atoms with E-state index in [0.717, 1.165) is 0 Å². The molecule has 0 aromatic heterocycles. The Kier molecular flexibility index (Phi) is 6.86. The minimum absolute atomic E-state index is 0.0683. The zero-order valence-electron chi connectivity index (χ0n) is 8.76. The highest BCUT2D eigenvalue weighted by Gasteiger charge is 2.07. The highest BCUT2D eigenvalue weighted by atomic mass is 127. The van der Waals surface area contributed by atoms with Gasteiger partial charge < -0.3 is 10.6 Å². The van der Waals surface area contributed by atoms with Gasteiger partial charge in [0.2, 0.25) is 11.8 Å². The summed E-state index contributed by atoms with van der Waals surface area (Å²) in [5.41, 5.74) is 0. The fourth-order valence-electron chi connectivity index (χ4n) is 0.895. The molecule has 5 heteroatoms. The Morgan fingerprint density at radius 2 is 1.79 bits per heavy atom. The van der Waals surface area contributed by atoms with Gasteiger partial charge in [0, 0.05) is 6.42 Å². The van der Waals surface area contributed by atoms with Crippen molar-refractivity contribution in [3.8, 4) is 0 Å². The average molecular weight is 312 g/mol. The summed E-state index contributed by atoms with van der Waals surface area (Å²) in [7, 11) is 0. The molecule has 82 valence electrons. The van der Waals surface area contributed by atoms with Crippen molar-refractivity contribution in [2.24, 2.45) is 5.92 Å². The lowest BCUT2D eigenvalue weighted by Crippen LogP contribution is -2.39. The van der Waals surface area contributed by atoms with Crippen LogP contribution in [0.1, 0.15) is 27.2 Å². The van der Waals surface area contributed by atoms with E-state index >= 15 is 0 Å². The van der Waals surface area contributed by atoms with Crippen LogP contribution in [0.5, 0.6) is 0 Å². The number of carbonyl (C=O) groups is 2. The van der Waals surface area contributed by atoms with E-state index in [1.165, 1.54) is 0 Å². The first-order chi connectivity index (χ1) is 6.41. The molecule has 0 aliphatic heterocycles. The number of hydrogen-bond donors (Lipinski definition) is 2. The largest absolute Gasteiger partial charge is 0.347 e. The van der Waals surface area contributed by atoms with E-state index in [9.17, 15) is 9.59 Å². The van der Waals surface area contributed by atoms with Crippen molar-refractivity contribution in [2.45, 2.75) is 31.2 Å². The van der Waals surface area contributed by atoms with Crippen molar-refractivity contribution in [1.82, 2.24) is 10.6 Å². The third kappa shape index (κ3) is 8.28. The van der Waals surface area contributed by atoms with Gasteiger partial charge in [0.1, 0.15) is 0 Å². The summed E-state index contributed by atoms with van der Waals surface area (Å²) in [4.78, 5) is 22.3. The summed E-state index contributed by atoms with van der Waals surface area (Å²) in [5.74, 6) is 0.0989. The molecule has 0 bridgehead atoms. The zero-order valence-corrected chi connectivity index (χ0v) is 10.9. The molecule has 0 aromatic rings. The van der Waals surface area contributed by atoms with Gasteiger partial charge in [-0.05, 0) is 12.8 Å². The number of nitrogens with one attached hydrogen (secondary N) is 2. The smallest absolute Gasteiger partial charge is 0.240 e. The topological polar surface area (TPSA) is 58.2 Å². The van der Waals surface area contributed by atoms with Crippen molar-refractivity contribution < 1.29 is 9.59 Å². The van der Waals surface area contributed by atoms with Gasteiger partial charge in [0.15, 0.2) is 0 Å². The van der Waals surface area contributed by atoms with E-state index in [1.807, 2.05) is 20.8 Å². The highest BCUT2D eigenvalue weighted by molar-refractivity contribution is 14.1. The maximum atomic E-state index is 11.2. The fraction of sp³-hybridized carbons (Fsp3) is 0.778. The molecule has 0 rings (SSSR count). The van der Waals surface area contributed by atoms with Gasteiger partial charge in [-0.2, -0.15) is 0 Å². The van der Waals surface area contributed by atoms with Gasteiger partial charge in [-0.3, -0.25) is 9.59 Å². The molecule has 0 aromatic carbocycles. The van der Waals surface area contributed by atoms with E-state index in [1.54, 1.807) is 0 Å². The van der Waals surface area contributed by atoms with Crippen LogP contribution in [0.3, 0.4) is 0 Å². The third-order valence-electron chi connectivity index (χ3n) is 1.40. The SMILES string of the molecule is CC(C)CC(=O)NCC(=O)NC(C)I. The number of rotatable bonds is 5. The first-order valence-electron chi connectivity index (χ1n) is 4.62. The molecule has 4 nitrogen and oxygen atoms in total. The normalized spacial score (nSPS) is 12.4. The minimum atomic E-state index is -0.149. The zero-order chi connectivity index (χ0) is 11.1. The Hall–Kier alpha value is -0.330. The van der Waals surface area contributed by atoms with Crippen LogP contribution in [0.4, 0.5) is 0 Å². The molecular weight excluding hydrogens is 295 g/mol. The molecule has 2 N–H and O–H groups in total. The summed E-state index contributed by atoms with van der Waals surface area (Å²) in [6.45, 7) is 5.87. The summed E-state index contributed by atoms with van der Waals surface area (Å²) in [6.07, 6.45) is 0.465. The van der Waals surface area contributed by atoms with Crippen molar-refractivity contribution in [1.29, 1.82) is 0 Å². The Labute approximate surface area is 98.3 Å². The second-order valence-corrected chi connectivity index (χ2v) is 5.43. The minimum Gasteiger partial charge on any atom is -0.347 e. The van der Waals surface area contributed by atoms with Crippen LogP contribution in [-0.4, -0.2) is 22.4 Å². The van der Waals surface area contributed by atoms with Crippen LogP contribution < -0.4 is 10.6 Å². The van der Waals surface area contributed by atoms with Crippen molar-refractivity contribution >= 4 is 34.4 Å². The van der Waals surface area contributed by atoms with Gasteiger partial charge >= 0.3 is 0 Å². The van der Waals surface area contributed by atoms with E-state index in [4.69, 9.17) is 0 Å². The number of carbonyl (C=O) groups excluding carboxylic acids is 2. The molecule has 0 radical (unpaired) electrons. The first kappa shape index (κ1) is 13.7. The molecule has 1 atom stereocenters. The molecule has 0 saturated heterocycles. The fourth-order valence-corrected chi connectivity index (χ4v) is 1.24. The predicted octanol–water partition coefficient (Wildman–Crippen LogP) is 1.05. The summed E-state index contributed by atoms with van der Waals surface area (Å²) in [5, 5.41) is 5.25. The predicted molar refractivity (Wildman–Crippen MR) is 64.1 cm³/mol. The second-order valence-electron chi connectivity index (χ2n) is 3.56. The van der Waals surface area contributed by atoms with Crippen LogP contribution in [-0.2, 0) is 9.59 Å². The average Bonchev–Trinajstić information content (AvgIpc) is 1.98. The van der Waals surface area contributed by atoms with Gasteiger partial charge in [-0.15, -0.1) is 0 Å². The Balaban J connectivity index is 3.61. The molecule has 0 spiro atoms. The lowest BCUT2D eigenvalue weighted by Gasteiger charge is -2.09. The number of hydrogen-bond acceptors (Lipinski definition) is 2. The van der Waals surface area contributed by atoms with Gasteiger partial charge in [0.25, 0.3) is 0 Å². The lowest BCUT2D eigenvalue weighted by atomic mass is 10.1. The maximum absolute atomic E-state index is 11.2. The number of amides is 2. The third-order valence-corrected chi connectivity index (χ3v) is 1.71. The van der Waals surface area contributed by atoms with E-state index in [-0.39, 0.29) is 22.4 Å². The molecule has 2 amide bonds. The maximum Gasteiger partial charge on any atom is 0.240 e. The summed E-state index contributed by atoms with van der Waals surface area (Å²) in [6, 6.07) is 0. The second kappa shape index (κ2) is 7.03. The monoisotopic (exact) mass is 312 g/mol. The van der Waals surface area contributed by atoms with Crippen LogP contribution >= 0.6 is 22.6 Å². The molecule has 0 heterocycles. The first-order valence-corrected chi connectivity index (χ1v) is 5.86. The Bertz CT molecular complexity index is 183. The molecule has 1 unspecified atom stereocenters. The van der Waals surface area contributed by atoms with Gasteiger partial charge in [-0.1, -0.05) is 36.4 Å². The number of alkyl halides is 1. The van der Waals surface area contributed by atoms with Crippen molar-refractivity contribution in [3.05, 3.63) is 0 Å². The molecule has 0 fully saturated rings. The molecular formula is C9H17IN2O2. The lowest BCUT2D eigenvalue weighted by molar-refractivity contribution is -0.126. The summed E-state index contributed by atoms with van der Waals surface area (Å²) >= 11 is 2.09. The standard InChI is InChI=1S/C9H17IN2O2/c1-6(2)4-8(13)11-5-9(14)12-7(3)10/h6-7H,4-5H2,1-3H3,(H,11,13)(H,12,14). The summed E-state index contributed by atoms with van der Waals surface area (Å²) < 4.78 is 0.0853. The molecule has 14 heavy (non-hydrogen) atoms. The quantitative estimate of drug-likeness (QED) is 0.453.